The zero-order valence-corrected chi connectivity index (χ0v) is 16.3. The average Bonchev–Trinajstić information content (AvgIpc) is 3.45. The molecule has 2 aromatic heterocycles. The van der Waals surface area contributed by atoms with E-state index in [1.54, 1.807) is 0 Å². The second-order valence-electron chi connectivity index (χ2n) is 8.17. The maximum atomic E-state index is 13.6. The first-order valence-electron chi connectivity index (χ1n) is 10.3. The summed E-state index contributed by atoms with van der Waals surface area (Å²) in [6.07, 6.45) is 7.22. The normalized spacial score (nSPS) is 25.5. The number of amides is 1. The van der Waals surface area contributed by atoms with Gasteiger partial charge in [-0.3, -0.25) is 9.48 Å². The number of aromatic nitrogens is 3. The van der Waals surface area contributed by atoms with Crippen LogP contribution in [0.2, 0.25) is 0 Å². The number of fused-ring (bicyclic) bond motifs is 1. The third-order valence-corrected chi connectivity index (χ3v) is 6.38. The third-order valence-electron chi connectivity index (χ3n) is 6.38. The van der Waals surface area contributed by atoms with Crippen molar-refractivity contribution in [2.75, 3.05) is 19.6 Å². The van der Waals surface area contributed by atoms with Crippen LogP contribution in [0.1, 0.15) is 42.5 Å². The Labute approximate surface area is 164 Å². The quantitative estimate of drug-likeness (QED) is 0.738. The molecular weight excluding hydrogens is 350 g/mol. The lowest BCUT2D eigenvalue weighted by Gasteiger charge is -2.37. The minimum atomic E-state index is -0.0193. The predicted octanol–water partition coefficient (Wildman–Crippen LogP) is 2.96. The second kappa shape index (κ2) is 7.09. The largest absolute Gasteiger partial charge is 0.357 e. The third kappa shape index (κ3) is 3.02. The Morgan fingerprint density at radius 3 is 2.93 bits per heavy atom. The molecule has 0 aliphatic carbocycles. The molecule has 6 nitrogen and oxygen atoms in total. The van der Waals surface area contributed by atoms with Gasteiger partial charge in [-0.15, -0.1) is 0 Å². The fourth-order valence-electron chi connectivity index (χ4n) is 4.93. The summed E-state index contributed by atoms with van der Waals surface area (Å²) in [5.74, 6) is 0.461. The Morgan fingerprint density at radius 1 is 1.21 bits per heavy atom. The van der Waals surface area contributed by atoms with Gasteiger partial charge in [0.1, 0.15) is 0 Å². The van der Waals surface area contributed by atoms with Crippen LogP contribution in [0.15, 0.2) is 42.7 Å². The first kappa shape index (κ1) is 17.5. The van der Waals surface area contributed by atoms with Crippen LogP contribution in [0.4, 0.5) is 0 Å². The summed E-state index contributed by atoms with van der Waals surface area (Å²) >= 11 is 0. The van der Waals surface area contributed by atoms with Crippen molar-refractivity contribution in [2.24, 2.45) is 13.0 Å². The average molecular weight is 377 g/mol. The standard InChI is InChI=1S/C22H27N5O/c1-26-14-16(11-24-26)17-12-23-13-18(17)22(28)27-9-5-4-8-21(27)20-10-15-6-2-3-7-19(15)25-20/h2-3,6-7,10-11,14,17-18,21,23,25H,4-5,8-9,12-13H2,1H3/t17-,18+,21?/m1/s1. The van der Waals surface area contributed by atoms with Crippen molar-refractivity contribution in [1.82, 2.24) is 25.0 Å². The first-order valence-corrected chi connectivity index (χ1v) is 10.3. The number of aryl methyl sites for hydroxylation is 1. The minimum Gasteiger partial charge on any atom is -0.357 e. The molecular formula is C22H27N5O. The van der Waals surface area contributed by atoms with Crippen molar-refractivity contribution in [3.05, 3.63) is 54.0 Å². The summed E-state index contributed by atoms with van der Waals surface area (Å²) in [6.45, 7) is 2.43. The van der Waals surface area contributed by atoms with Gasteiger partial charge in [0.2, 0.25) is 5.91 Å². The number of nitrogens with zero attached hydrogens (tertiary/aromatic N) is 3. The molecule has 1 unspecified atom stereocenters. The Bertz CT molecular complexity index is 957. The lowest BCUT2D eigenvalue weighted by atomic mass is 9.88. The molecule has 4 heterocycles. The van der Waals surface area contributed by atoms with Crippen LogP contribution < -0.4 is 5.32 Å². The van der Waals surface area contributed by atoms with Crippen LogP contribution in [0.25, 0.3) is 10.9 Å². The van der Waals surface area contributed by atoms with E-state index in [0.717, 1.165) is 49.2 Å². The van der Waals surface area contributed by atoms with Gasteiger partial charge in [0.25, 0.3) is 0 Å². The summed E-state index contributed by atoms with van der Waals surface area (Å²) in [4.78, 5) is 19.3. The number of carbonyl (C=O) groups excluding carboxylic acids is 1. The van der Waals surface area contributed by atoms with Gasteiger partial charge in [-0.1, -0.05) is 18.2 Å². The molecule has 2 aliphatic rings. The lowest BCUT2D eigenvalue weighted by molar-refractivity contribution is -0.139. The number of rotatable bonds is 3. The van der Waals surface area contributed by atoms with E-state index in [9.17, 15) is 4.79 Å². The van der Waals surface area contributed by atoms with Crippen LogP contribution in [0.5, 0.6) is 0 Å². The fraction of sp³-hybridized carbons (Fsp3) is 0.455. The highest BCUT2D eigenvalue weighted by molar-refractivity contribution is 5.83. The van der Waals surface area contributed by atoms with Crippen molar-refractivity contribution in [2.45, 2.75) is 31.2 Å². The van der Waals surface area contributed by atoms with Gasteiger partial charge < -0.3 is 15.2 Å². The molecule has 3 atom stereocenters. The monoisotopic (exact) mass is 377 g/mol. The van der Waals surface area contributed by atoms with Gasteiger partial charge in [-0.05, 0) is 42.3 Å². The molecule has 146 valence electrons. The molecule has 2 N–H and O–H groups in total. The molecule has 2 fully saturated rings. The number of likely N-dealkylation sites (tertiary alicyclic amines) is 1. The molecule has 6 heteroatoms. The Hall–Kier alpha value is -2.60. The van der Waals surface area contributed by atoms with E-state index in [-0.39, 0.29) is 23.8 Å². The van der Waals surface area contributed by atoms with Gasteiger partial charge >= 0.3 is 0 Å². The second-order valence-corrected chi connectivity index (χ2v) is 8.17. The van der Waals surface area contributed by atoms with Crippen LogP contribution in [-0.4, -0.2) is 45.2 Å². The number of nitrogens with one attached hydrogen (secondary N) is 2. The van der Waals surface area contributed by atoms with E-state index in [4.69, 9.17) is 0 Å². The number of carbonyl (C=O) groups is 1. The lowest BCUT2D eigenvalue weighted by Crippen LogP contribution is -2.43. The van der Waals surface area contributed by atoms with Gasteiger partial charge in [-0.2, -0.15) is 5.10 Å². The van der Waals surface area contributed by atoms with E-state index in [0.29, 0.717) is 0 Å². The minimum absolute atomic E-state index is 0.0193. The van der Waals surface area contributed by atoms with Crippen molar-refractivity contribution in [3.63, 3.8) is 0 Å². The Kier molecular flexibility index (Phi) is 4.43. The number of piperidine rings is 1. The number of para-hydroxylation sites is 1. The van der Waals surface area contributed by atoms with E-state index >= 15 is 0 Å². The Morgan fingerprint density at radius 2 is 2.11 bits per heavy atom. The zero-order chi connectivity index (χ0) is 19.1. The summed E-state index contributed by atoms with van der Waals surface area (Å²) in [5.41, 5.74) is 3.47. The van der Waals surface area contributed by atoms with Crippen LogP contribution in [0.3, 0.4) is 0 Å². The molecule has 0 spiro atoms. The number of H-pyrrole nitrogens is 1. The molecule has 1 aromatic carbocycles. The summed E-state index contributed by atoms with van der Waals surface area (Å²) in [7, 11) is 1.93. The molecule has 3 aromatic rings. The molecule has 2 aliphatic heterocycles. The maximum Gasteiger partial charge on any atom is 0.228 e. The molecule has 0 radical (unpaired) electrons. The topological polar surface area (TPSA) is 66.0 Å². The highest BCUT2D eigenvalue weighted by Gasteiger charge is 2.40. The number of hydrogen-bond donors (Lipinski definition) is 2. The van der Waals surface area contributed by atoms with Crippen molar-refractivity contribution >= 4 is 16.8 Å². The van der Waals surface area contributed by atoms with E-state index < -0.39 is 0 Å². The van der Waals surface area contributed by atoms with Crippen LogP contribution >= 0.6 is 0 Å². The zero-order valence-electron chi connectivity index (χ0n) is 16.3. The molecule has 28 heavy (non-hydrogen) atoms. The summed E-state index contributed by atoms with van der Waals surface area (Å²) in [6, 6.07) is 10.7. The van der Waals surface area contributed by atoms with E-state index in [1.165, 1.54) is 11.8 Å². The molecule has 2 saturated heterocycles. The number of benzene rings is 1. The smallest absolute Gasteiger partial charge is 0.228 e. The van der Waals surface area contributed by atoms with E-state index in [1.807, 2.05) is 24.1 Å². The van der Waals surface area contributed by atoms with Crippen molar-refractivity contribution in [1.29, 1.82) is 0 Å². The van der Waals surface area contributed by atoms with Crippen LogP contribution in [0, 0.1) is 5.92 Å². The van der Waals surface area contributed by atoms with Gasteiger partial charge in [0.15, 0.2) is 0 Å². The first-order chi connectivity index (χ1) is 13.7. The Balaban J connectivity index is 1.43. The highest BCUT2D eigenvalue weighted by atomic mass is 16.2. The van der Waals surface area contributed by atoms with Gasteiger partial charge in [0, 0.05) is 50.0 Å². The SMILES string of the molecule is Cn1cc([C@H]2CNC[C@@H]2C(=O)N2CCCCC2c2cc3ccccc3[nH]2)cn1. The van der Waals surface area contributed by atoms with Gasteiger partial charge in [-0.25, -0.2) is 0 Å². The number of hydrogen-bond acceptors (Lipinski definition) is 3. The molecule has 1 amide bonds. The predicted molar refractivity (Wildman–Crippen MR) is 109 cm³/mol. The summed E-state index contributed by atoms with van der Waals surface area (Å²) < 4.78 is 1.82. The van der Waals surface area contributed by atoms with Crippen LogP contribution in [-0.2, 0) is 11.8 Å². The molecule has 0 bridgehead atoms. The van der Waals surface area contributed by atoms with Crippen molar-refractivity contribution in [3.8, 4) is 0 Å². The number of aromatic amines is 1. The highest BCUT2D eigenvalue weighted by Crippen LogP contribution is 2.36. The summed E-state index contributed by atoms with van der Waals surface area (Å²) in [5, 5.41) is 8.96. The fourth-order valence-corrected chi connectivity index (χ4v) is 4.93. The maximum absolute atomic E-state index is 13.6. The molecule has 0 saturated carbocycles. The van der Waals surface area contributed by atoms with E-state index in [2.05, 4.69) is 50.6 Å². The van der Waals surface area contributed by atoms with Crippen molar-refractivity contribution < 1.29 is 4.79 Å². The van der Waals surface area contributed by atoms with Gasteiger partial charge in [0.05, 0.1) is 18.2 Å². The molecule has 5 rings (SSSR count).